The van der Waals surface area contributed by atoms with Crippen molar-refractivity contribution in [2.45, 2.75) is 38.9 Å². The quantitative estimate of drug-likeness (QED) is 0.592. The molecule has 4 nitrogen and oxygen atoms in total. The van der Waals surface area contributed by atoms with Crippen LogP contribution in [0.25, 0.3) is 0 Å². The molecular weight excluding hydrogens is 230 g/mol. The Balaban J connectivity index is 2.39. The summed E-state index contributed by atoms with van der Waals surface area (Å²) in [5, 5.41) is 0. The average Bonchev–Trinajstić information content (AvgIpc) is 2.44. The van der Waals surface area contributed by atoms with Crippen molar-refractivity contribution in [1.29, 1.82) is 0 Å². The number of aromatic nitrogens is 1. The van der Waals surface area contributed by atoms with Gasteiger partial charge in [-0.25, -0.2) is 0 Å². The molecule has 1 aliphatic heterocycles. The normalized spacial score (nSPS) is 25.1. The second-order valence-electron chi connectivity index (χ2n) is 5.61. The third kappa shape index (κ3) is 1.97. The Morgan fingerprint density at radius 1 is 1.22 bits per heavy atom. The Hall–Kier alpha value is -1.55. The molecule has 0 radical (unpaired) electrons. The van der Waals surface area contributed by atoms with Gasteiger partial charge in [0.2, 0.25) is 0 Å². The maximum Gasteiger partial charge on any atom is 0.177 e. The summed E-state index contributed by atoms with van der Waals surface area (Å²) in [7, 11) is 0. The summed E-state index contributed by atoms with van der Waals surface area (Å²) >= 11 is 0. The van der Waals surface area contributed by atoms with E-state index in [-0.39, 0.29) is 11.6 Å². The molecule has 18 heavy (non-hydrogen) atoms. The monoisotopic (exact) mass is 247 g/mol. The van der Waals surface area contributed by atoms with E-state index in [1.807, 2.05) is 0 Å². The van der Waals surface area contributed by atoms with Gasteiger partial charge < -0.3 is 4.74 Å². The molecule has 96 valence electrons. The van der Waals surface area contributed by atoms with Gasteiger partial charge in [0.15, 0.2) is 11.6 Å². The molecule has 1 atom stereocenters. The number of carbonyl (C=O) groups excluding carboxylic acids is 2. The topological polar surface area (TPSA) is 56.3 Å². The second kappa shape index (κ2) is 3.99. The van der Waals surface area contributed by atoms with E-state index in [9.17, 15) is 9.59 Å². The van der Waals surface area contributed by atoms with Gasteiger partial charge in [-0.2, -0.15) is 0 Å². The van der Waals surface area contributed by atoms with Crippen LogP contribution in [0.4, 0.5) is 0 Å². The summed E-state index contributed by atoms with van der Waals surface area (Å²) in [4.78, 5) is 28.6. The highest BCUT2D eigenvalue weighted by atomic mass is 16.5. The second-order valence-corrected chi connectivity index (χ2v) is 5.61. The minimum absolute atomic E-state index is 0.158. The molecule has 1 aromatic rings. The van der Waals surface area contributed by atoms with Crippen molar-refractivity contribution in [2.24, 2.45) is 5.92 Å². The van der Waals surface area contributed by atoms with Gasteiger partial charge in [-0.15, -0.1) is 0 Å². The molecule has 0 aliphatic carbocycles. The zero-order valence-corrected chi connectivity index (χ0v) is 11.1. The number of ether oxygens (including phenoxy) is 1. The van der Waals surface area contributed by atoms with Crippen molar-refractivity contribution in [3.05, 3.63) is 30.1 Å². The number of hydrogen-bond acceptors (Lipinski definition) is 4. The fraction of sp³-hybridized carbons (Fsp3) is 0.500. The lowest BCUT2D eigenvalue weighted by atomic mass is 9.81. The molecule has 1 unspecified atom stereocenters. The molecule has 1 aliphatic rings. The van der Waals surface area contributed by atoms with Gasteiger partial charge in [-0.3, -0.25) is 14.6 Å². The Labute approximate surface area is 106 Å². The van der Waals surface area contributed by atoms with Crippen molar-refractivity contribution in [2.75, 3.05) is 0 Å². The predicted molar refractivity (Wildman–Crippen MR) is 66.3 cm³/mol. The van der Waals surface area contributed by atoms with E-state index in [2.05, 4.69) is 4.98 Å². The van der Waals surface area contributed by atoms with Crippen molar-refractivity contribution >= 4 is 11.6 Å². The molecule has 4 heteroatoms. The van der Waals surface area contributed by atoms with E-state index in [1.54, 1.807) is 52.2 Å². The van der Waals surface area contributed by atoms with Crippen molar-refractivity contribution in [1.82, 2.24) is 4.98 Å². The Bertz CT molecular complexity index is 491. The van der Waals surface area contributed by atoms with Crippen molar-refractivity contribution in [3.8, 4) is 0 Å². The minimum Gasteiger partial charge on any atom is -0.361 e. The molecule has 1 aromatic heterocycles. The van der Waals surface area contributed by atoms with Crippen LogP contribution in [0.1, 0.15) is 38.1 Å². The summed E-state index contributed by atoms with van der Waals surface area (Å²) in [5.74, 6) is -1.11. The molecule has 1 saturated heterocycles. The smallest absolute Gasteiger partial charge is 0.177 e. The van der Waals surface area contributed by atoms with Crippen LogP contribution in [0.3, 0.4) is 0 Å². The summed E-state index contributed by atoms with van der Waals surface area (Å²) in [6.45, 7) is 6.97. The number of ketones is 2. The molecule has 0 bridgehead atoms. The Morgan fingerprint density at radius 2 is 1.78 bits per heavy atom. The first-order valence-electron chi connectivity index (χ1n) is 5.94. The highest BCUT2D eigenvalue weighted by Crippen LogP contribution is 2.40. The van der Waals surface area contributed by atoms with E-state index in [0.29, 0.717) is 5.56 Å². The third-order valence-electron chi connectivity index (χ3n) is 3.30. The van der Waals surface area contributed by atoms with E-state index in [0.717, 1.165) is 0 Å². The van der Waals surface area contributed by atoms with E-state index >= 15 is 0 Å². The van der Waals surface area contributed by atoms with Gasteiger partial charge in [0.25, 0.3) is 0 Å². The summed E-state index contributed by atoms with van der Waals surface area (Å²) in [6, 6.07) is 3.24. The molecule has 0 amide bonds. The van der Waals surface area contributed by atoms with Crippen LogP contribution in [0.15, 0.2) is 24.5 Å². The lowest BCUT2D eigenvalue weighted by Crippen LogP contribution is -2.37. The summed E-state index contributed by atoms with van der Waals surface area (Å²) < 4.78 is 5.72. The molecule has 0 aromatic carbocycles. The lowest BCUT2D eigenvalue weighted by molar-refractivity contribution is -0.132. The molecular formula is C14H17NO3. The number of carbonyl (C=O) groups is 2. The summed E-state index contributed by atoms with van der Waals surface area (Å²) in [5.41, 5.74) is -1.18. The molecule has 2 rings (SSSR count). The van der Waals surface area contributed by atoms with Gasteiger partial charge in [-0.1, -0.05) is 0 Å². The van der Waals surface area contributed by atoms with E-state index in [4.69, 9.17) is 4.74 Å². The zero-order valence-electron chi connectivity index (χ0n) is 11.1. The predicted octanol–water partition coefficient (Wildman–Crippen LogP) is 2.04. The first-order valence-corrected chi connectivity index (χ1v) is 5.94. The summed E-state index contributed by atoms with van der Waals surface area (Å²) in [6.07, 6.45) is 3.09. The maximum atomic E-state index is 12.4. The number of Topliss-reactive ketones (excluding diaryl/α,β-unsaturated/α-hetero) is 2. The molecule has 0 N–H and O–H groups in total. The fourth-order valence-corrected chi connectivity index (χ4v) is 2.55. The number of nitrogens with zero attached hydrogens (tertiary/aromatic N) is 1. The first-order chi connectivity index (χ1) is 8.26. The van der Waals surface area contributed by atoms with E-state index in [1.165, 1.54) is 0 Å². The minimum atomic E-state index is -0.906. The van der Waals surface area contributed by atoms with Crippen LogP contribution in [-0.2, 0) is 9.53 Å². The number of pyridine rings is 1. The average molecular weight is 247 g/mol. The highest BCUT2D eigenvalue weighted by Gasteiger charge is 2.56. The SMILES string of the molecule is CC1(C)OC(C)(C)C(C(=O)c2ccncc2)C1=O. The van der Waals surface area contributed by atoms with Crippen LogP contribution in [0.5, 0.6) is 0 Å². The van der Waals surface area contributed by atoms with Crippen molar-refractivity contribution in [3.63, 3.8) is 0 Å². The number of rotatable bonds is 2. The van der Waals surface area contributed by atoms with Gasteiger partial charge in [0.05, 0.1) is 5.60 Å². The largest absolute Gasteiger partial charge is 0.361 e. The van der Waals surface area contributed by atoms with Crippen LogP contribution < -0.4 is 0 Å². The van der Waals surface area contributed by atoms with E-state index < -0.39 is 17.1 Å². The number of hydrogen-bond donors (Lipinski definition) is 0. The maximum absolute atomic E-state index is 12.4. The van der Waals surface area contributed by atoms with Gasteiger partial charge in [0, 0.05) is 18.0 Å². The first kappa shape index (κ1) is 12.9. The Kier molecular flexibility index (Phi) is 2.86. The Morgan fingerprint density at radius 3 is 2.22 bits per heavy atom. The lowest BCUT2D eigenvalue weighted by Gasteiger charge is -2.24. The standard InChI is InChI=1S/C14H17NO3/c1-13(2)10(12(17)14(3,4)18-13)11(16)9-5-7-15-8-6-9/h5-8,10H,1-4H3. The molecule has 0 spiro atoms. The van der Waals surface area contributed by atoms with Gasteiger partial charge in [0.1, 0.15) is 11.5 Å². The molecule has 0 saturated carbocycles. The fourth-order valence-electron chi connectivity index (χ4n) is 2.55. The highest BCUT2D eigenvalue weighted by molar-refractivity contribution is 6.14. The van der Waals surface area contributed by atoms with Crippen LogP contribution in [0.2, 0.25) is 0 Å². The van der Waals surface area contributed by atoms with Crippen LogP contribution in [0, 0.1) is 5.92 Å². The molecule has 1 fully saturated rings. The third-order valence-corrected chi connectivity index (χ3v) is 3.30. The van der Waals surface area contributed by atoms with Gasteiger partial charge >= 0.3 is 0 Å². The van der Waals surface area contributed by atoms with Crippen LogP contribution >= 0.6 is 0 Å². The van der Waals surface area contributed by atoms with Gasteiger partial charge in [-0.05, 0) is 39.8 Å². The van der Waals surface area contributed by atoms with Crippen LogP contribution in [-0.4, -0.2) is 27.8 Å². The molecule has 2 heterocycles. The van der Waals surface area contributed by atoms with Crippen molar-refractivity contribution < 1.29 is 14.3 Å². The zero-order chi connectivity index (χ0) is 13.6.